The monoisotopic (exact) mass is 249 g/mol. The first-order chi connectivity index (χ1) is 8.31. The summed E-state index contributed by atoms with van der Waals surface area (Å²) in [6.45, 7) is 1.98. The van der Waals surface area contributed by atoms with Crippen molar-refractivity contribution >= 4 is 11.6 Å². The highest BCUT2D eigenvalue weighted by molar-refractivity contribution is 6.30. The zero-order chi connectivity index (χ0) is 12.1. The van der Waals surface area contributed by atoms with Gasteiger partial charge < -0.3 is 9.88 Å². The minimum Gasteiger partial charge on any atom is -0.331 e. The zero-order valence-corrected chi connectivity index (χ0v) is 10.6. The fourth-order valence-electron chi connectivity index (χ4n) is 1.79. The van der Waals surface area contributed by atoms with Crippen LogP contribution in [0.5, 0.6) is 0 Å². The summed E-state index contributed by atoms with van der Waals surface area (Å²) in [7, 11) is 1.97. The molecule has 3 nitrogen and oxygen atoms in total. The van der Waals surface area contributed by atoms with Gasteiger partial charge in [0.05, 0.1) is 18.2 Å². The van der Waals surface area contributed by atoms with Gasteiger partial charge in [0.1, 0.15) is 0 Å². The Bertz CT molecular complexity index is 462. The van der Waals surface area contributed by atoms with Crippen LogP contribution in [-0.2, 0) is 6.54 Å². The van der Waals surface area contributed by atoms with Gasteiger partial charge in [-0.05, 0) is 37.7 Å². The highest BCUT2D eigenvalue weighted by Gasteiger charge is 2.04. The Balaban J connectivity index is 2.15. The molecule has 0 amide bonds. The van der Waals surface area contributed by atoms with E-state index >= 15 is 0 Å². The van der Waals surface area contributed by atoms with Gasteiger partial charge in [0.25, 0.3) is 0 Å². The second kappa shape index (κ2) is 5.84. The lowest BCUT2D eigenvalue weighted by atomic mass is 10.1. The number of benzene rings is 1. The Morgan fingerprint density at radius 3 is 2.76 bits per heavy atom. The molecule has 0 bridgehead atoms. The minimum atomic E-state index is 0.759. The van der Waals surface area contributed by atoms with Crippen molar-refractivity contribution in [3.63, 3.8) is 0 Å². The Morgan fingerprint density at radius 2 is 2.06 bits per heavy atom. The SMILES string of the molecule is CNCCCn1cncc1-c1ccc(Cl)cc1. The number of aromatic nitrogens is 2. The van der Waals surface area contributed by atoms with Crippen LogP contribution in [0.2, 0.25) is 5.02 Å². The lowest BCUT2D eigenvalue weighted by Crippen LogP contribution is -2.11. The van der Waals surface area contributed by atoms with Gasteiger partial charge in [-0.25, -0.2) is 4.98 Å². The van der Waals surface area contributed by atoms with Gasteiger partial charge in [0.15, 0.2) is 0 Å². The van der Waals surface area contributed by atoms with Crippen molar-refractivity contribution in [3.8, 4) is 11.3 Å². The predicted molar refractivity (Wildman–Crippen MR) is 71.2 cm³/mol. The van der Waals surface area contributed by atoms with Crippen LogP contribution < -0.4 is 5.32 Å². The average Bonchev–Trinajstić information content (AvgIpc) is 2.79. The van der Waals surface area contributed by atoms with Crippen molar-refractivity contribution in [3.05, 3.63) is 41.8 Å². The van der Waals surface area contributed by atoms with Gasteiger partial charge in [-0.3, -0.25) is 0 Å². The second-order valence-corrected chi connectivity index (χ2v) is 4.37. The third-order valence-electron chi connectivity index (χ3n) is 2.68. The van der Waals surface area contributed by atoms with Crippen molar-refractivity contribution < 1.29 is 0 Å². The summed E-state index contributed by atoms with van der Waals surface area (Å²) < 4.78 is 2.17. The van der Waals surface area contributed by atoms with E-state index in [2.05, 4.69) is 14.9 Å². The lowest BCUT2D eigenvalue weighted by molar-refractivity contribution is 0.616. The van der Waals surface area contributed by atoms with Crippen LogP contribution in [0.3, 0.4) is 0 Å². The zero-order valence-electron chi connectivity index (χ0n) is 9.86. The summed E-state index contributed by atoms with van der Waals surface area (Å²) in [6.07, 6.45) is 4.86. The number of hydrogen-bond acceptors (Lipinski definition) is 2. The molecule has 0 fully saturated rings. The molecule has 1 N–H and O–H groups in total. The summed E-state index contributed by atoms with van der Waals surface area (Å²) in [5.41, 5.74) is 2.29. The van der Waals surface area contributed by atoms with Crippen LogP contribution >= 0.6 is 11.6 Å². The van der Waals surface area contributed by atoms with Gasteiger partial charge in [-0.2, -0.15) is 0 Å². The third kappa shape index (κ3) is 3.08. The van der Waals surface area contributed by atoms with E-state index in [1.807, 2.05) is 43.8 Å². The molecule has 1 aromatic heterocycles. The van der Waals surface area contributed by atoms with Crippen LogP contribution in [0.1, 0.15) is 6.42 Å². The number of aryl methyl sites for hydroxylation is 1. The quantitative estimate of drug-likeness (QED) is 0.826. The van der Waals surface area contributed by atoms with Crippen LogP contribution in [0, 0.1) is 0 Å². The molecule has 90 valence electrons. The van der Waals surface area contributed by atoms with E-state index in [1.165, 1.54) is 0 Å². The molecule has 0 aliphatic heterocycles. The van der Waals surface area contributed by atoms with Gasteiger partial charge in [-0.1, -0.05) is 23.7 Å². The summed E-state index contributed by atoms with van der Waals surface area (Å²) in [6, 6.07) is 7.85. The van der Waals surface area contributed by atoms with Crippen molar-refractivity contribution in [2.45, 2.75) is 13.0 Å². The topological polar surface area (TPSA) is 29.9 Å². The van der Waals surface area contributed by atoms with Crippen LogP contribution in [0.15, 0.2) is 36.8 Å². The van der Waals surface area contributed by atoms with E-state index < -0.39 is 0 Å². The number of nitrogens with one attached hydrogen (secondary N) is 1. The van der Waals surface area contributed by atoms with Crippen molar-refractivity contribution in [2.24, 2.45) is 0 Å². The van der Waals surface area contributed by atoms with Gasteiger partial charge in [0, 0.05) is 11.6 Å². The van der Waals surface area contributed by atoms with E-state index in [1.54, 1.807) is 0 Å². The van der Waals surface area contributed by atoms with E-state index in [0.29, 0.717) is 0 Å². The first kappa shape index (κ1) is 12.1. The van der Waals surface area contributed by atoms with Crippen molar-refractivity contribution in [1.29, 1.82) is 0 Å². The number of nitrogens with zero attached hydrogens (tertiary/aromatic N) is 2. The number of halogens is 1. The van der Waals surface area contributed by atoms with E-state index in [0.717, 1.165) is 35.8 Å². The number of rotatable bonds is 5. The molecule has 0 saturated carbocycles. The maximum absolute atomic E-state index is 5.88. The Labute approximate surface area is 106 Å². The highest BCUT2D eigenvalue weighted by atomic mass is 35.5. The molecule has 17 heavy (non-hydrogen) atoms. The van der Waals surface area contributed by atoms with Gasteiger partial charge >= 0.3 is 0 Å². The fraction of sp³-hybridized carbons (Fsp3) is 0.308. The minimum absolute atomic E-state index is 0.759. The summed E-state index contributed by atoms with van der Waals surface area (Å²) >= 11 is 5.88. The molecule has 2 aromatic rings. The van der Waals surface area contributed by atoms with Crippen molar-refractivity contribution in [1.82, 2.24) is 14.9 Å². The number of imidazole rings is 1. The first-order valence-corrected chi connectivity index (χ1v) is 6.09. The summed E-state index contributed by atoms with van der Waals surface area (Å²) in [5.74, 6) is 0. The fourth-order valence-corrected chi connectivity index (χ4v) is 1.91. The summed E-state index contributed by atoms with van der Waals surface area (Å²) in [5, 5.41) is 3.90. The molecule has 0 radical (unpaired) electrons. The molecule has 0 unspecified atom stereocenters. The maximum Gasteiger partial charge on any atom is 0.0950 e. The van der Waals surface area contributed by atoms with E-state index in [4.69, 9.17) is 11.6 Å². The van der Waals surface area contributed by atoms with E-state index in [9.17, 15) is 0 Å². The molecular weight excluding hydrogens is 234 g/mol. The van der Waals surface area contributed by atoms with Crippen molar-refractivity contribution in [2.75, 3.05) is 13.6 Å². The average molecular weight is 250 g/mol. The number of hydrogen-bond donors (Lipinski definition) is 1. The largest absolute Gasteiger partial charge is 0.331 e. The molecule has 0 saturated heterocycles. The smallest absolute Gasteiger partial charge is 0.0950 e. The Morgan fingerprint density at radius 1 is 1.29 bits per heavy atom. The van der Waals surface area contributed by atoms with Gasteiger partial charge in [-0.15, -0.1) is 0 Å². The molecule has 0 aliphatic rings. The Hall–Kier alpha value is -1.32. The maximum atomic E-state index is 5.88. The van der Waals surface area contributed by atoms with Crippen LogP contribution in [0.4, 0.5) is 0 Å². The predicted octanol–water partition coefficient (Wildman–Crippen LogP) is 2.81. The first-order valence-electron chi connectivity index (χ1n) is 5.72. The standard InChI is InChI=1S/C13H16ClN3/c1-15-7-2-8-17-10-16-9-13(17)11-3-5-12(14)6-4-11/h3-6,9-10,15H,2,7-8H2,1H3. The molecule has 2 rings (SSSR count). The Kier molecular flexibility index (Phi) is 4.18. The van der Waals surface area contributed by atoms with Gasteiger partial charge in [0.2, 0.25) is 0 Å². The van der Waals surface area contributed by atoms with Crippen LogP contribution in [0.25, 0.3) is 11.3 Å². The van der Waals surface area contributed by atoms with E-state index in [-0.39, 0.29) is 0 Å². The second-order valence-electron chi connectivity index (χ2n) is 3.94. The summed E-state index contributed by atoms with van der Waals surface area (Å²) in [4.78, 5) is 4.21. The molecule has 0 spiro atoms. The third-order valence-corrected chi connectivity index (χ3v) is 2.93. The molecule has 0 aliphatic carbocycles. The molecule has 4 heteroatoms. The normalized spacial score (nSPS) is 10.7. The lowest BCUT2D eigenvalue weighted by Gasteiger charge is -2.08. The molecule has 1 heterocycles. The van der Waals surface area contributed by atoms with Crippen LogP contribution in [-0.4, -0.2) is 23.1 Å². The highest BCUT2D eigenvalue weighted by Crippen LogP contribution is 2.21. The molecule has 0 atom stereocenters. The molecular formula is C13H16ClN3. The molecule has 1 aromatic carbocycles.